The molecule has 0 bridgehead atoms. The lowest BCUT2D eigenvalue weighted by atomic mass is 10.2. The molecule has 0 aromatic heterocycles. The second-order valence-corrected chi connectivity index (χ2v) is 5.00. The summed E-state index contributed by atoms with van der Waals surface area (Å²) in [5, 5.41) is 20.5. The fraction of sp³-hybridized carbons (Fsp3) is 0.231. The Morgan fingerprint density at radius 3 is 2.74 bits per heavy atom. The number of carbonyl (C=O) groups excluding carboxylic acids is 3. The summed E-state index contributed by atoms with van der Waals surface area (Å²) in [5.41, 5.74) is 2.99. The van der Waals surface area contributed by atoms with Crippen molar-refractivity contribution in [1.29, 1.82) is 0 Å². The zero-order valence-electron chi connectivity index (χ0n) is 11.8. The van der Waals surface area contributed by atoms with Gasteiger partial charge in [0.05, 0.1) is 6.21 Å². The first-order valence-corrected chi connectivity index (χ1v) is 6.78. The number of rotatable bonds is 4. The highest BCUT2D eigenvalue weighted by molar-refractivity contribution is 5.89. The smallest absolute Gasteiger partial charge is 0.321 e. The van der Waals surface area contributed by atoms with Crippen LogP contribution in [-0.4, -0.2) is 53.1 Å². The molecule has 1 aromatic carbocycles. The number of phenols is 1. The van der Waals surface area contributed by atoms with Crippen molar-refractivity contribution in [3.8, 4) is 5.75 Å². The molecule has 1 aromatic rings. The maximum absolute atomic E-state index is 11.8. The summed E-state index contributed by atoms with van der Waals surface area (Å²) in [6.45, 7) is -0.248. The van der Waals surface area contributed by atoms with Crippen LogP contribution in [0.4, 0.5) is 9.59 Å². The summed E-state index contributed by atoms with van der Waals surface area (Å²) in [6.07, 6.45) is 0.244. The van der Waals surface area contributed by atoms with Crippen molar-refractivity contribution in [2.75, 3.05) is 6.54 Å². The summed E-state index contributed by atoms with van der Waals surface area (Å²) < 4.78 is 0. The molecule has 2 atom stereocenters. The largest absolute Gasteiger partial charge is 0.508 e. The van der Waals surface area contributed by atoms with Crippen LogP contribution >= 0.6 is 0 Å². The normalized spacial score (nSPS) is 22.5. The number of phenolic OH excluding ortho intramolecular Hbond substituents is 1. The van der Waals surface area contributed by atoms with Crippen molar-refractivity contribution in [2.45, 2.75) is 12.3 Å². The average molecular weight is 318 g/mol. The van der Waals surface area contributed by atoms with E-state index in [2.05, 4.69) is 26.5 Å². The van der Waals surface area contributed by atoms with Crippen molar-refractivity contribution < 1.29 is 19.5 Å². The minimum absolute atomic E-state index is 0.132. The molecule has 2 unspecified atom stereocenters. The first-order chi connectivity index (χ1) is 11.0. The predicted octanol–water partition coefficient (Wildman–Crippen LogP) is -1.17. The number of nitrogens with one attached hydrogen (secondary N) is 4. The maximum Gasteiger partial charge on any atom is 0.321 e. The number of amides is 5. The van der Waals surface area contributed by atoms with E-state index in [1.807, 2.05) is 0 Å². The third kappa shape index (κ3) is 3.15. The number of fused-ring (bicyclic) bond motifs is 1. The summed E-state index contributed by atoms with van der Waals surface area (Å²) >= 11 is 0. The van der Waals surface area contributed by atoms with Gasteiger partial charge in [-0.2, -0.15) is 5.10 Å². The van der Waals surface area contributed by atoms with E-state index < -0.39 is 30.3 Å². The number of nitrogens with zero attached hydrogens (tertiary/aromatic N) is 2. The summed E-state index contributed by atoms with van der Waals surface area (Å²) in [7, 11) is 0. The van der Waals surface area contributed by atoms with Crippen LogP contribution in [0.2, 0.25) is 0 Å². The monoisotopic (exact) mass is 318 g/mol. The quantitative estimate of drug-likeness (QED) is 0.353. The van der Waals surface area contributed by atoms with E-state index in [9.17, 15) is 14.4 Å². The van der Waals surface area contributed by atoms with E-state index in [0.29, 0.717) is 5.56 Å². The minimum atomic E-state index is -0.609. The number of aromatic hydroxyl groups is 1. The maximum atomic E-state index is 11.8. The van der Waals surface area contributed by atoms with E-state index in [-0.39, 0.29) is 12.3 Å². The standard InChI is InChI=1S/C13H14N6O4/c20-8-3-1-7(2-4-8)5-14-18-9(21)6-19-11-10(16-13(19)23)15-12(22)17-11/h1-5,10-11,20H,6H2,(H,16,23)(H,18,21)(H2,15,17,22)/b14-5+. The van der Waals surface area contributed by atoms with Gasteiger partial charge in [-0.25, -0.2) is 15.0 Å². The van der Waals surface area contributed by atoms with Crippen molar-refractivity contribution in [3.05, 3.63) is 29.8 Å². The van der Waals surface area contributed by atoms with E-state index in [4.69, 9.17) is 5.11 Å². The van der Waals surface area contributed by atoms with Gasteiger partial charge in [0.1, 0.15) is 24.6 Å². The van der Waals surface area contributed by atoms with Crippen LogP contribution in [0, 0.1) is 0 Å². The van der Waals surface area contributed by atoms with Gasteiger partial charge in [-0.1, -0.05) is 0 Å². The van der Waals surface area contributed by atoms with Crippen LogP contribution in [0.25, 0.3) is 0 Å². The third-order valence-corrected chi connectivity index (χ3v) is 3.37. The topological polar surface area (TPSA) is 135 Å². The molecule has 10 heteroatoms. The van der Waals surface area contributed by atoms with Crippen LogP contribution in [-0.2, 0) is 4.79 Å². The van der Waals surface area contributed by atoms with Gasteiger partial charge in [0.2, 0.25) is 0 Å². The molecule has 5 N–H and O–H groups in total. The summed E-state index contributed by atoms with van der Waals surface area (Å²) in [4.78, 5) is 36.0. The predicted molar refractivity (Wildman–Crippen MR) is 78.3 cm³/mol. The lowest BCUT2D eigenvalue weighted by Crippen LogP contribution is -2.47. The highest BCUT2D eigenvalue weighted by Crippen LogP contribution is 2.13. The van der Waals surface area contributed by atoms with Gasteiger partial charge >= 0.3 is 12.1 Å². The molecule has 120 valence electrons. The zero-order chi connectivity index (χ0) is 16.4. The van der Waals surface area contributed by atoms with Gasteiger partial charge in [0.15, 0.2) is 0 Å². The van der Waals surface area contributed by atoms with Gasteiger partial charge in [-0.3, -0.25) is 9.69 Å². The lowest BCUT2D eigenvalue weighted by Gasteiger charge is -2.19. The molecular formula is C13H14N6O4. The van der Waals surface area contributed by atoms with Crippen molar-refractivity contribution in [2.24, 2.45) is 5.10 Å². The molecule has 2 aliphatic rings. The number of hydrogen-bond acceptors (Lipinski definition) is 5. The Labute approximate surface area is 130 Å². The molecule has 5 amide bonds. The zero-order valence-corrected chi connectivity index (χ0v) is 11.8. The van der Waals surface area contributed by atoms with Crippen LogP contribution in [0.5, 0.6) is 5.75 Å². The molecule has 3 rings (SSSR count). The molecule has 2 fully saturated rings. The van der Waals surface area contributed by atoms with Gasteiger partial charge < -0.3 is 21.1 Å². The Hall–Kier alpha value is -3.30. The Balaban J connectivity index is 1.54. The van der Waals surface area contributed by atoms with Crippen LogP contribution in [0.1, 0.15) is 5.56 Å². The molecule has 2 saturated heterocycles. The fourth-order valence-corrected chi connectivity index (χ4v) is 2.29. The molecule has 0 aliphatic carbocycles. The highest BCUT2D eigenvalue weighted by Gasteiger charge is 2.45. The number of benzene rings is 1. The van der Waals surface area contributed by atoms with E-state index in [1.54, 1.807) is 12.1 Å². The van der Waals surface area contributed by atoms with Crippen molar-refractivity contribution in [3.63, 3.8) is 0 Å². The van der Waals surface area contributed by atoms with E-state index >= 15 is 0 Å². The number of hydrogen-bond donors (Lipinski definition) is 5. The second-order valence-electron chi connectivity index (χ2n) is 5.00. The molecule has 2 aliphatic heterocycles. The average Bonchev–Trinajstić information content (AvgIpc) is 2.98. The molecule has 0 radical (unpaired) electrons. The lowest BCUT2D eigenvalue weighted by molar-refractivity contribution is -0.121. The molecule has 10 nitrogen and oxygen atoms in total. The van der Waals surface area contributed by atoms with Crippen molar-refractivity contribution in [1.82, 2.24) is 26.3 Å². The van der Waals surface area contributed by atoms with Gasteiger partial charge in [-0.15, -0.1) is 0 Å². The van der Waals surface area contributed by atoms with Gasteiger partial charge in [0, 0.05) is 0 Å². The number of urea groups is 2. The van der Waals surface area contributed by atoms with Crippen LogP contribution in [0.3, 0.4) is 0 Å². The van der Waals surface area contributed by atoms with Crippen LogP contribution < -0.4 is 21.4 Å². The summed E-state index contributed by atoms with van der Waals surface area (Å²) in [6, 6.07) is 5.38. The summed E-state index contributed by atoms with van der Waals surface area (Å²) in [5.74, 6) is -0.370. The number of hydrazone groups is 1. The molecule has 0 saturated carbocycles. The number of carbonyl (C=O) groups is 3. The van der Waals surface area contributed by atoms with E-state index in [0.717, 1.165) is 0 Å². The Bertz CT molecular complexity index is 674. The Morgan fingerprint density at radius 1 is 1.26 bits per heavy atom. The molecule has 23 heavy (non-hydrogen) atoms. The minimum Gasteiger partial charge on any atom is -0.508 e. The Kier molecular flexibility index (Phi) is 3.71. The first-order valence-electron chi connectivity index (χ1n) is 6.78. The third-order valence-electron chi connectivity index (χ3n) is 3.37. The molecular weight excluding hydrogens is 304 g/mol. The second kappa shape index (κ2) is 5.83. The first kappa shape index (κ1) is 14.6. The van der Waals surface area contributed by atoms with Crippen LogP contribution in [0.15, 0.2) is 29.4 Å². The highest BCUT2D eigenvalue weighted by atomic mass is 16.3. The van der Waals surface area contributed by atoms with E-state index in [1.165, 1.54) is 23.2 Å². The van der Waals surface area contributed by atoms with Gasteiger partial charge in [-0.05, 0) is 29.8 Å². The van der Waals surface area contributed by atoms with Crippen molar-refractivity contribution >= 4 is 24.2 Å². The SMILES string of the molecule is O=C(CN1C(=O)NC2NC(=O)NC21)N/N=C/c1ccc(O)cc1. The fourth-order valence-electron chi connectivity index (χ4n) is 2.29. The molecule has 2 heterocycles. The Morgan fingerprint density at radius 2 is 2.00 bits per heavy atom. The molecule has 0 spiro atoms. The van der Waals surface area contributed by atoms with Gasteiger partial charge in [0.25, 0.3) is 5.91 Å².